The molecule has 0 bridgehead atoms. The quantitative estimate of drug-likeness (QED) is 0.0222. The molecule has 0 aromatic heterocycles. The summed E-state index contributed by atoms with van der Waals surface area (Å²) in [6.07, 6.45) is 54.5. The molecule has 2 unspecified atom stereocenters. The minimum atomic E-state index is -4.96. The highest BCUT2D eigenvalue weighted by Gasteiger charge is 2.30. The van der Waals surface area contributed by atoms with Crippen molar-refractivity contribution >= 4 is 39.5 Å². The summed E-state index contributed by atoms with van der Waals surface area (Å²) in [5.74, 6) is 0.259. The molecule has 0 spiro atoms. The van der Waals surface area contributed by atoms with E-state index in [2.05, 4.69) is 48.5 Å². The van der Waals surface area contributed by atoms with Gasteiger partial charge in [0.1, 0.15) is 19.3 Å². The first kappa shape index (κ1) is 94.1. The van der Waals surface area contributed by atoms with E-state index in [1.807, 2.05) is 0 Å². The van der Waals surface area contributed by atoms with E-state index in [1.54, 1.807) is 0 Å². The smallest absolute Gasteiger partial charge is 0.462 e. The van der Waals surface area contributed by atoms with Gasteiger partial charge in [-0.1, -0.05) is 344 Å². The normalized spacial score (nSPS) is 14.1. The van der Waals surface area contributed by atoms with Crippen LogP contribution in [0.3, 0.4) is 0 Å². The van der Waals surface area contributed by atoms with Gasteiger partial charge in [0, 0.05) is 25.7 Å². The zero-order valence-corrected chi connectivity index (χ0v) is 64.6. The molecule has 0 aliphatic carbocycles. The summed E-state index contributed by atoms with van der Waals surface area (Å²) in [6.45, 7) is 11.9. The van der Waals surface area contributed by atoms with Crippen LogP contribution >= 0.6 is 15.6 Å². The lowest BCUT2D eigenvalue weighted by molar-refractivity contribution is -0.161. The van der Waals surface area contributed by atoms with Crippen LogP contribution in [0.1, 0.15) is 395 Å². The molecule has 0 aromatic rings. The molecule has 0 saturated heterocycles. The number of rotatable bonds is 75. The van der Waals surface area contributed by atoms with Crippen molar-refractivity contribution < 1.29 is 80.2 Å². The molecule has 19 heteroatoms. The predicted octanol–water partition coefficient (Wildman–Crippen LogP) is 22.6. The Balaban J connectivity index is 5.14. The molecule has 570 valence electrons. The Labute approximate surface area is 588 Å². The predicted molar refractivity (Wildman–Crippen MR) is 391 cm³/mol. The average Bonchev–Trinajstić information content (AvgIpc) is 1.14. The lowest BCUT2D eigenvalue weighted by Crippen LogP contribution is -2.30. The number of unbranched alkanes of at least 4 members (excludes halogenated alkanes) is 43. The van der Waals surface area contributed by atoms with Gasteiger partial charge < -0.3 is 33.8 Å². The van der Waals surface area contributed by atoms with E-state index in [9.17, 15) is 43.2 Å². The van der Waals surface area contributed by atoms with Crippen LogP contribution in [0.25, 0.3) is 0 Å². The van der Waals surface area contributed by atoms with E-state index in [4.69, 9.17) is 37.0 Å². The molecular formula is C77H150O17P2. The Morgan fingerprint density at radius 1 is 0.281 bits per heavy atom. The molecule has 5 atom stereocenters. The monoisotopic (exact) mass is 1410 g/mol. The zero-order chi connectivity index (χ0) is 70.9. The Morgan fingerprint density at radius 3 is 0.708 bits per heavy atom. The number of carbonyl (C=O) groups is 4. The maximum Gasteiger partial charge on any atom is 0.472 e. The first-order valence-electron chi connectivity index (χ1n) is 39.8. The van der Waals surface area contributed by atoms with Gasteiger partial charge in [0.25, 0.3) is 0 Å². The van der Waals surface area contributed by atoms with Crippen LogP contribution in [-0.4, -0.2) is 96.7 Å². The summed E-state index contributed by atoms with van der Waals surface area (Å²) < 4.78 is 68.4. The Morgan fingerprint density at radius 2 is 0.479 bits per heavy atom. The van der Waals surface area contributed by atoms with Gasteiger partial charge in [-0.15, -0.1) is 0 Å². The fourth-order valence-electron chi connectivity index (χ4n) is 11.8. The Bertz CT molecular complexity index is 1870. The van der Waals surface area contributed by atoms with Crippen molar-refractivity contribution in [3.05, 3.63) is 0 Å². The SMILES string of the molecule is CCCCCCCC(=O)OC[C@H](COP(=O)(O)OC[C@H](O)COP(=O)(O)OC[C@@H](COC(=O)CCCCCCCCCCCCCCCCC(C)C)OC(=O)CCCCCCCCCCCCCCCCCCC(C)C)OC(=O)CCCCCCCCCCCCCCC(C)C. The highest BCUT2D eigenvalue weighted by molar-refractivity contribution is 7.47. The molecule has 0 aromatic carbocycles. The van der Waals surface area contributed by atoms with Gasteiger partial charge in [-0.3, -0.25) is 37.3 Å². The maximum atomic E-state index is 13.1. The number of hydrogen-bond acceptors (Lipinski definition) is 15. The average molecular weight is 1410 g/mol. The number of phosphoric acid groups is 2. The molecule has 0 rings (SSSR count). The third-order valence-corrected chi connectivity index (χ3v) is 19.8. The first-order valence-corrected chi connectivity index (χ1v) is 42.8. The van der Waals surface area contributed by atoms with Gasteiger partial charge in [-0.25, -0.2) is 9.13 Å². The summed E-state index contributed by atoms with van der Waals surface area (Å²) >= 11 is 0. The second-order valence-corrected chi connectivity index (χ2v) is 32.1. The number of hydrogen-bond donors (Lipinski definition) is 3. The fraction of sp³-hybridized carbons (Fsp3) is 0.948. The molecule has 3 N–H and O–H groups in total. The van der Waals surface area contributed by atoms with Crippen molar-refractivity contribution in [2.45, 2.75) is 414 Å². The second-order valence-electron chi connectivity index (χ2n) is 29.2. The summed E-state index contributed by atoms with van der Waals surface area (Å²) in [5, 5.41) is 10.6. The van der Waals surface area contributed by atoms with Crippen LogP contribution in [0.4, 0.5) is 0 Å². The molecule has 0 fully saturated rings. The molecule has 17 nitrogen and oxygen atoms in total. The fourth-order valence-corrected chi connectivity index (χ4v) is 13.4. The van der Waals surface area contributed by atoms with E-state index >= 15 is 0 Å². The van der Waals surface area contributed by atoms with Crippen molar-refractivity contribution in [1.82, 2.24) is 0 Å². The summed E-state index contributed by atoms with van der Waals surface area (Å²) in [4.78, 5) is 72.6. The molecular weight excluding hydrogens is 1260 g/mol. The highest BCUT2D eigenvalue weighted by atomic mass is 31.2. The van der Waals surface area contributed by atoms with Crippen molar-refractivity contribution in [3.63, 3.8) is 0 Å². The minimum absolute atomic E-state index is 0.106. The van der Waals surface area contributed by atoms with E-state index in [1.165, 1.54) is 199 Å². The Hall–Kier alpha value is -1.94. The molecule has 0 saturated carbocycles. The van der Waals surface area contributed by atoms with Gasteiger partial charge in [0.05, 0.1) is 26.4 Å². The summed E-state index contributed by atoms with van der Waals surface area (Å²) in [5.41, 5.74) is 0. The molecule has 0 aliphatic rings. The van der Waals surface area contributed by atoms with E-state index in [-0.39, 0.29) is 25.7 Å². The minimum Gasteiger partial charge on any atom is -0.462 e. The molecule has 0 amide bonds. The standard InChI is InChI=1S/C77H150O17P2/c1-8-9-10-41-51-58-74(79)87-64-72(93-76(81)60-54-47-40-34-28-22-21-25-31-37-44-50-57-70(6)7)66-91-95(83,84)89-62-71(78)63-90-96(85,86)92-67-73(65-88-75(80)59-52-45-38-32-26-19-16-15-18-24-30-36-43-49-56-69(4)5)94-77(82)61-53-46-39-33-27-20-14-12-11-13-17-23-29-35-42-48-55-68(2)3/h68-73,78H,8-67H2,1-7H3,(H,83,84)(H,85,86)/t71-,72+,73+/m0/s1. The maximum absolute atomic E-state index is 13.1. The number of aliphatic hydroxyl groups is 1. The van der Waals surface area contributed by atoms with Crippen LogP contribution in [0, 0.1) is 17.8 Å². The van der Waals surface area contributed by atoms with Gasteiger partial charge in [-0.2, -0.15) is 0 Å². The van der Waals surface area contributed by atoms with Crippen LogP contribution in [-0.2, 0) is 65.4 Å². The van der Waals surface area contributed by atoms with E-state index in [0.717, 1.165) is 114 Å². The molecule has 0 heterocycles. The van der Waals surface area contributed by atoms with Crippen molar-refractivity contribution in [3.8, 4) is 0 Å². The number of esters is 4. The van der Waals surface area contributed by atoms with Gasteiger partial charge >= 0.3 is 39.5 Å². The first-order chi connectivity index (χ1) is 46.2. The largest absolute Gasteiger partial charge is 0.472 e. The number of carbonyl (C=O) groups excluding carboxylic acids is 4. The van der Waals surface area contributed by atoms with Gasteiger partial charge in [0.15, 0.2) is 12.2 Å². The summed E-state index contributed by atoms with van der Waals surface area (Å²) in [7, 11) is -9.90. The zero-order valence-electron chi connectivity index (χ0n) is 62.8. The van der Waals surface area contributed by atoms with E-state index in [0.29, 0.717) is 25.7 Å². The third kappa shape index (κ3) is 70.5. The molecule has 0 radical (unpaired) electrons. The van der Waals surface area contributed by atoms with Crippen LogP contribution in [0.5, 0.6) is 0 Å². The lowest BCUT2D eigenvalue weighted by atomic mass is 10.0. The van der Waals surface area contributed by atoms with Crippen molar-refractivity contribution in [1.29, 1.82) is 0 Å². The Kier molecular flexibility index (Phi) is 66.2. The van der Waals surface area contributed by atoms with Crippen LogP contribution in [0.2, 0.25) is 0 Å². The highest BCUT2D eigenvalue weighted by Crippen LogP contribution is 2.45. The topological polar surface area (TPSA) is 237 Å². The number of phosphoric ester groups is 2. The van der Waals surface area contributed by atoms with Crippen molar-refractivity contribution in [2.75, 3.05) is 39.6 Å². The third-order valence-electron chi connectivity index (χ3n) is 17.9. The second kappa shape index (κ2) is 67.5. The molecule has 0 aliphatic heterocycles. The van der Waals surface area contributed by atoms with Crippen molar-refractivity contribution in [2.24, 2.45) is 17.8 Å². The van der Waals surface area contributed by atoms with Crippen LogP contribution < -0.4 is 0 Å². The van der Waals surface area contributed by atoms with E-state index < -0.39 is 97.5 Å². The van der Waals surface area contributed by atoms with Gasteiger partial charge in [0.2, 0.25) is 0 Å². The number of aliphatic hydroxyl groups excluding tert-OH is 1. The molecule has 96 heavy (non-hydrogen) atoms. The van der Waals surface area contributed by atoms with Gasteiger partial charge in [-0.05, 0) is 43.4 Å². The van der Waals surface area contributed by atoms with Crippen LogP contribution in [0.15, 0.2) is 0 Å². The summed E-state index contributed by atoms with van der Waals surface area (Å²) in [6, 6.07) is 0. The number of ether oxygens (including phenoxy) is 4. The lowest BCUT2D eigenvalue weighted by Gasteiger charge is -2.21.